The van der Waals surface area contributed by atoms with Gasteiger partial charge in [0.15, 0.2) is 0 Å². The Balaban J connectivity index is 2.11. The van der Waals surface area contributed by atoms with Crippen LogP contribution in [0.2, 0.25) is 0 Å². The van der Waals surface area contributed by atoms with Gasteiger partial charge in [0.25, 0.3) is 0 Å². The van der Waals surface area contributed by atoms with Crippen LogP contribution in [0, 0.1) is 0 Å². The predicted octanol–water partition coefficient (Wildman–Crippen LogP) is 2.91. The van der Waals surface area contributed by atoms with Gasteiger partial charge < -0.3 is 14.4 Å². The highest BCUT2D eigenvalue weighted by atomic mass is 31.2. The maximum Gasteiger partial charge on any atom is 0.524 e. The van der Waals surface area contributed by atoms with Gasteiger partial charge in [0.05, 0.1) is 0 Å². The second kappa shape index (κ2) is 7.29. The molecule has 1 heterocycles. The standard InChI is InChI=1S/C15H23N2O4P/c1-3-8-17(4-2)9-7-12-11-16-15-10-13(5-6-14(12)15)21-22(18,19)20/h5-6,10-11,16H,3-4,7-9H2,1-2H3,(H2,18,19,20). The van der Waals surface area contributed by atoms with E-state index >= 15 is 0 Å². The third-order valence-electron chi connectivity index (χ3n) is 3.65. The van der Waals surface area contributed by atoms with Crippen molar-refractivity contribution in [2.75, 3.05) is 19.6 Å². The molecule has 2 aromatic rings. The summed E-state index contributed by atoms with van der Waals surface area (Å²) >= 11 is 0. The number of H-pyrrole nitrogens is 1. The zero-order valence-electron chi connectivity index (χ0n) is 13.0. The fraction of sp³-hybridized carbons (Fsp3) is 0.467. The van der Waals surface area contributed by atoms with Gasteiger partial charge in [-0.15, -0.1) is 0 Å². The summed E-state index contributed by atoms with van der Waals surface area (Å²) in [5.41, 5.74) is 2.02. The van der Waals surface area contributed by atoms with Crippen molar-refractivity contribution < 1.29 is 18.9 Å². The smallest absolute Gasteiger partial charge is 0.404 e. The maximum atomic E-state index is 10.9. The maximum absolute atomic E-state index is 10.9. The van der Waals surface area contributed by atoms with Crippen molar-refractivity contribution >= 4 is 18.7 Å². The highest BCUT2D eigenvalue weighted by Crippen LogP contribution is 2.38. The van der Waals surface area contributed by atoms with Crippen molar-refractivity contribution in [1.82, 2.24) is 9.88 Å². The van der Waals surface area contributed by atoms with Crippen molar-refractivity contribution in [3.63, 3.8) is 0 Å². The Morgan fingerprint density at radius 3 is 2.68 bits per heavy atom. The first-order valence-electron chi connectivity index (χ1n) is 7.50. The summed E-state index contributed by atoms with van der Waals surface area (Å²) in [6, 6.07) is 5.03. The van der Waals surface area contributed by atoms with Gasteiger partial charge >= 0.3 is 7.82 Å². The Bertz CT molecular complexity index is 665. The van der Waals surface area contributed by atoms with E-state index in [0.717, 1.165) is 43.4 Å². The number of hydrogen-bond acceptors (Lipinski definition) is 3. The molecule has 0 amide bonds. The molecule has 122 valence electrons. The number of rotatable bonds is 8. The zero-order valence-corrected chi connectivity index (χ0v) is 13.8. The van der Waals surface area contributed by atoms with E-state index in [1.54, 1.807) is 12.1 Å². The summed E-state index contributed by atoms with van der Waals surface area (Å²) in [5.74, 6) is 0.162. The number of likely N-dealkylation sites (N-methyl/N-ethyl adjacent to an activating group) is 1. The third-order valence-corrected chi connectivity index (χ3v) is 4.10. The minimum absolute atomic E-state index is 0.162. The number of phosphoric ester groups is 1. The van der Waals surface area contributed by atoms with Gasteiger partial charge in [-0.05, 0) is 43.6 Å². The molecule has 2 rings (SSSR count). The van der Waals surface area contributed by atoms with E-state index in [2.05, 4.69) is 28.3 Å². The van der Waals surface area contributed by atoms with Crippen LogP contribution in [-0.4, -0.2) is 39.3 Å². The van der Waals surface area contributed by atoms with Gasteiger partial charge in [-0.25, -0.2) is 4.57 Å². The van der Waals surface area contributed by atoms with Crippen LogP contribution in [0.25, 0.3) is 10.9 Å². The number of aromatic nitrogens is 1. The molecule has 6 nitrogen and oxygen atoms in total. The highest BCUT2D eigenvalue weighted by molar-refractivity contribution is 7.46. The molecule has 0 spiro atoms. The molecule has 0 aliphatic heterocycles. The van der Waals surface area contributed by atoms with E-state index in [-0.39, 0.29) is 5.75 Å². The Morgan fingerprint density at radius 2 is 2.05 bits per heavy atom. The molecule has 3 N–H and O–H groups in total. The number of fused-ring (bicyclic) bond motifs is 1. The van der Waals surface area contributed by atoms with Crippen molar-refractivity contribution in [1.29, 1.82) is 0 Å². The van der Waals surface area contributed by atoms with Gasteiger partial charge in [-0.1, -0.05) is 13.8 Å². The van der Waals surface area contributed by atoms with Crippen LogP contribution in [0.4, 0.5) is 0 Å². The van der Waals surface area contributed by atoms with E-state index in [1.165, 1.54) is 5.56 Å². The molecule has 22 heavy (non-hydrogen) atoms. The summed E-state index contributed by atoms with van der Waals surface area (Å²) in [5, 5.41) is 1.06. The Labute approximate surface area is 130 Å². The van der Waals surface area contributed by atoms with Gasteiger partial charge in [-0.2, -0.15) is 0 Å². The third kappa shape index (κ3) is 4.58. The number of nitrogens with zero attached hydrogens (tertiary/aromatic N) is 1. The van der Waals surface area contributed by atoms with Crippen molar-refractivity contribution in [2.24, 2.45) is 0 Å². The number of hydrogen-bond donors (Lipinski definition) is 3. The SMILES string of the molecule is CCCN(CC)CCc1c[nH]c2cc(OP(=O)(O)O)ccc12. The van der Waals surface area contributed by atoms with E-state index < -0.39 is 7.82 Å². The molecular formula is C15H23N2O4P. The fourth-order valence-corrected chi connectivity index (χ4v) is 2.98. The Hall–Kier alpha value is -1.33. The van der Waals surface area contributed by atoms with Crippen LogP contribution in [0.5, 0.6) is 5.75 Å². The first kappa shape index (κ1) is 17.0. The van der Waals surface area contributed by atoms with Gasteiger partial charge in [0.1, 0.15) is 5.75 Å². The zero-order chi connectivity index (χ0) is 16.2. The molecule has 0 aliphatic carbocycles. The van der Waals surface area contributed by atoms with E-state index in [0.29, 0.717) is 0 Å². The van der Waals surface area contributed by atoms with Crippen LogP contribution in [0.15, 0.2) is 24.4 Å². The minimum atomic E-state index is -4.52. The van der Waals surface area contributed by atoms with Crippen molar-refractivity contribution in [2.45, 2.75) is 26.7 Å². The van der Waals surface area contributed by atoms with Crippen molar-refractivity contribution in [3.8, 4) is 5.75 Å². The average Bonchev–Trinajstić information content (AvgIpc) is 2.84. The van der Waals surface area contributed by atoms with E-state index in [9.17, 15) is 4.57 Å². The van der Waals surface area contributed by atoms with Crippen LogP contribution < -0.4 is 4.52 Å². The quantitative estimate of drug-likeness (QED) is 0.649. The second-order valence-electron chi connectivity index (χ2n) is 5.29. The van der Waals surface area contributed by atoms with Crippen LogP contribution in [-0.2, 0) is 11.0 Å². The second-order valence-corrected chi connectivity index (χ2v) is 6.45. The van der Waals surface area contributed by atoms with Gasteiger partial charge in [0, 0.05) is 29.7 Å². The monoisotopic (exact) mass is 326 g/mol. The fourth-order valence-electron chi connectivity index (χ4n) is 2.59. The normalized spacial score (nSPS) is 12.2. The Kier molecular flexibility index (Phi) is 5.64. The van der Waals surface area contributed by atoms with Crippen molar-refractivity contribution in [3.05, 3.63) is 30.0 Å². The molecule has 1 aromatic heterocycles. The molecule has 0 aliphatic rings. The van der Waals surface area contributed by atoms with Crippen LogP contribution in [0.3, 0.4) is 0 Å². The molecule has 0 radical (unpaired) electrons. The number of aromatic amines is 1. The number of nitrogens with one attached hydrogen (secondary N) is 1. The van der Waals surface area contributed by atoms with E-state index in [1.807, 2.05) is 12.3 Å². The first-order valence-corrected chi connectivity index (χ1v) is 9.03. The first-order chi connectivity index (χ1) is 10.4. The minimum Gasteiger partial charge on any atom is -0.404 e. The average molecular weight is 326 g/mol. The molecule has 7 heteroatoms. The molecule has 0 saturated heterocycles. The highest BCUT2D eigenvalue weighted by Gasteiger charge is 2.16. The molecule has 1 aromatic carbocycles. The summed E-state index contributed by atoms with van der Waals surface area (Å²) < 4.78 is 15.5. The van der Waals surface area contributed by atoms with Crippen LogP contribution >= 0.6 is 7.82 Å². The lowest BCUT2D eigenvalue weighted by Crippen LogP contribution is -2.26. The topological polar surface area (TPSA) is 85.8 Å². The summed E-state index contributed by atoms with van der Waals surface area (Å²) in [7, 11) is -4.52. The lowest BCUT2D eigenvalue weighted by Gasteiger charge is -2.19. The van der Waals surface area contributed by atoms with Gasteiger partial charge in [0.2, 0.25) is 0 Å². The summed E-state index contributed by atoms with van der Waals surface area (Å²) in [4.78, 5) is 23.2. The number of benzene rings is 1. The lowest BCUT2D eigenvalue weighted by molar-refractivity contribution is 0.283. The number of phosphoric acid groups is 1. The predicted molar refractivity (Wildman–Crippen MR) is 87.1 cm³/mol. The molecule has 0 bridgehead atoms. The molecule has 0 unspecified atom stereocenters. The Morgan fingerprint density at radius 1 is 1.27 bits per heavy atom. The van der Waals surface area contributed by atoms with E-state index in [4.69, 9.17) is 9.79 Å². The lowest BCUT2D eigenvalue weighted by atomic mass is 10.1. The van der Waals surface area contributed by atoms with Crippen LogP contribution in [0.1, 0.15) is 25.8 Å². The molecule has 0 atom stereocenters. The summed E-state index contributed by atoms with van der Waals surface area (Å²) in [6.45, 7) is 7.47. The molecular weight excluding hydrogens is 303 g/mol. The summed E-state index contributed by atoms with van der Waals surface area (Å²) in [6.07, 6.45) is 4.03. The molecule has 0 saturated carbocycles. The molecule has 0 fully saturated rings. The largest absolute Gasteiger partial charge is 0.524 e. The van der Waals surface area contributed by atoms with Gasteiger partial charge in [-0.3, -0.25) is 9.79 Å².